The summed E-state index contributed by atoms with van der Waals surface area (Å²) in [5.41, 5.74) is 0. The van der Waals surface area contributed by atoms with E-state index < -0.39 is 0 Å². The fourth-order valence-corrected chi connectivity index (χ4v) is 5.73. The van der Waals surface area contributed by atoms with Crippen molar-refractivity contribution < 1.29 is 53.4 Å². The molecule has 244 valence electrons. The molecule has 7 rings (SSSR count). The molecule has 5 aromatic carbocycles. The minimum atomic E-state index is -0.211. The van der Waals surface area contributed by atoms with Gasteiger partial charge in [-0.05, 0) is 35.8 Å². The molecule has 5 aromatic rings. The average Bonchev–Trinajstić information content (AvgIpc) is 3.82. The van der Waals surface area contributed by atoms with Crippen LogP contribution in [0.1, 0.15) is 38.5 Å². The Hall–Kier alpha value is -4.22. The van der Waals surface area contributed by atoms with Crippen molar-refractivity contribution in [3.05, 3.63) is 115 Å². The fraction of sp³-hybridized carbons (Fsp3) is 0.250. The van der Waals surface area contributed by atoms with E-state index in [9.17, 15) is 10.2 Å². The molecule has 6 nitrogen and oxygen atoms in total. The van der Waals surface area contributed by atoms with Gasteiger partial charge in [-0.1, -0.05) is 48.5 Å². The molecule has 1 fully saturated rings. The van der Waals surface area contributed by atoms with Crippen LogP contribution in [0.25, 0.3) is 21.5 Å². The zero-order valence-electron chi connectivity index (χ0n) is 27.6. The summed E-state index contributed by atoms with van der Waals surface area (Å²) >= 11 is 1.69. The van der Waals surface area contributed by atoms with Crippen LogP contribution in [-0.4, -0.2) is 31.6 Å². The number of methoxy groups -OCH3 is 4. The Kier molecular flexibility index (Phi) is 16.5. The SMILES string of the molecule is COc1cccc(OC)c1[O-].COc1cccc(OC)c1[O-].[C-]1=CC=CC1.[Zr+2]=[C]1CCCCC1.c1ccc2c(c1)[cH-]c1ccccc12. The standard InChI is InChI=1S/C13H9.2C8H10O3.C6H10.C5H5.Zr/c1-3-7-12-10(5-1)9-11-6-2-4-8-13(11)12;2*1-10-6-4-3-5-7(11-2)8(6)9;1-2-4-6-5-3-1;1-2-4-5-3-1;/h1-9H;2*3-5,9H,1-2H3;1-5H2;1-3H,4H2;/q-1;;;;-1;+2/p-2. The second kappa shape index (κ2) is 20.8. The third kappa shape index (κ3) is 11.8. The summed E-state index contributed by atoms with van der Waals surface area (Å²) in [5.74, 6) is 0.817. The minimum Gasteiger partial charge on any atom is -0.126 e. The Morgan fingerprint density at radius 2 is 1.02 bits per heavy atom. The topological polar surface area (TPSA) is 83.0 Å². The Bertz CT molecular complexity index is 1570. The Balaban J connectivity index is 0.000000165. The van der Waals surface area contributed by atoms with E-state index in [0.29, 0.717) is 23.0 Å². The van der Waals surface area contributed by atoms with Crippen molar-refractivity contribution in [2.75, 3.05) is 28.4 Å². The van der Waals surface area contributed by atoms with Gasteiger partial charge in [-0.15, -0.1) is 46.2 Å². The molecule has 0 spiro atoms. The van der Waals surface area contributed by atoms with Gasteiger partial charge in [0.2, 0.25) is 0 Å². The summed E-state index contributed by atoms with van der Waals surface area (Å²) in [4.78, 5) is 0. The van der Waals surface area contributed by atoms with E-state index >= 15 is 0 Å². The van der Waals surface area contributed by atoms with E-state index in [4.69, 9.17) is 18.9 Å². The molecule has 47 heavy (non-hydrogen) atoms. The van der Waals surface area contributed by atoms with Crippen molar-refractivity contribution >= 4 is 24.8 Å². The number of hydrogen-bond acceptors (Lipinski definition) is 6. The first kappa shape index (κ1) is 37.2. The van der Waals surface area contributed by atoms with E-state index in [1.165, 1.54) is 82.1 Å². The molecule has 2 aliphatic rings. The van der Waals surface area contributed by atoms with E-state index in [0.717, 1.165) is 6.42 Å². The van der Waals surface area contributed by atoms with Crippen molar-refractivity contribution in [3.63, 3.8) is 0 Å². The summed E-state index contributed by atoms with van der Waals surface area (Å²) in [6.07, 6.45) is 17.3. The summed E-state index contributed by atoms with van der Waals surface area (Å²) in [6, 6.07) is 29.1. The molecule has 0 N–H and O–H groups in total. The first-order valence-corrected chi connectivity index (χ1v) is 16.7. The van der Waals surface area contributed by atoms with Gasteiger partial charge in [0.05, 0.1) is 28.4 Å². The molecule has 0 radical (unpaired) electrons. The molecule has 0 aromatic heterocycles. The van der Waals surface area contributed by atoms with Gasteiger partial charge in [0.1, 0.15) is 23.0 Å². The number of benzene rings is 4. The molecule has 0 saturated heterocycles. The molecule has 0 heterocycles. The summed E-state index contributed by atoms with van der Waals surface area (Å²) < 4.78 is 21.0. The molecule has 7 heteroatoms. The van der Waals surface area contributed by atoms with E-state index in [2.05, 4.69) is 66.7 Å². The van der Waals surface area contributed by atoms with Crippen LogP contribution in [0.3, 0.4) is 0 Å². The molecule has 0 bridgehead atoms. The van der Waals surface area contributed by atoms with Gasteiger partial charge in [-0.3, -0.25) is 6.08 Å². The van der Waals surface area contributed by atoms with Gasteiger partial charge in [-0.25, -0.2) is 12.2 Å². The van der Waals surface area contributed by atoms with E-state index in [1.807, 2.05) is 12.2 Å². The molecule has 2 aliphatic carbocycles. The predicted molar refractivity (Wildman–Crippen MR) is 185 cm³/mol. The van der Waals surface area contributed by atoms with Gasteiger partial charge in [-0.2, -0.15) is 6.08 Å². The Labute approximate surface area is 293 Å². The van der Waals surface area contributed by atoms with Crippen molar-refractivity contribution in [2.24, 2.45) is 0 Å². The number of rotatable bonds is 4. The predicted octanol–water partition coefficient (Wildman–Crippen LogP) is 8.24. The molecular weight excluding hydrogens is 668 g/mol. The summed E-state index contributed by atoms with van der Waals surface area (Å²) in [7, 11) is 5.82. The number of ether oxygens (including phenoxy) is 4. The van der Waals surface area contributed by atoms with Crippen molar-refractivity contribution in [3.8, 4) is 34.5 Å². The number of para-hydroxylation sites is 2. The maximum absolute atomic E-state index is 11.2. The molecular formula is C40H42O6Zr-2. The third-order valence-corrected chi connectivity index (χ3v) is 8.56. The molecule has 0 amide bonds. The number of allylic oxidation sites excluding steroid dienone is 4. The van der Waals surface area contributed by atoms with Crippen molar-refractivity contribution in [1.29, 1.82) is 0 Å². The van der Waals surface area contributed by atoms with Crippen LogP contribution < -0.4 is 29.2 Å². The van der Waals surface area contributed by atoms with E-state index in [-0.39, 0.29) is 11.5 Å². The van der Waals surface area contributed by atoms with Gasteiger partial charge in [0.25, 0.3) is 0 Å². The number of hydrogen-bond donors (Lipinski definition) is 0. The molecule has 0 atom stereocenters. The Morgan fingerprint density at radius 3 is 1.32 bits per heavy atom. The largest absolute Gasteiger partial charge is 0.126 e. The quantitative estimate of drug-likeness (QED) is 0.175. The minimum absolute atomic E-state index is 0.211. The average molecular weight is 710 g/mol. The maximum Gasteiger partial charge on any atom is -0.0771 e. The van der Waals surface area contributed by atoms with Crippen LogP contribution in [0.5, 0.6) is 34.5 Å². The van der Waals surface area contributed by atoms with Gasteiger partial charge < -0.3 is 29.2 Å². The third-order valence-electron chi connectivity index (χ3n) is 7.33. The summed E-state index contributed by atoms with van der Waals surface area (Å²) in [6.45, 7) is 0. The second-order valence-electron chi connectivity index (χ2n) is 10.5. The van der Waals surface area contributed by atoms with Crippen LogP contribution in [0.4, 0.5) is 0 Å². The van der Waals surface area contributed by atoms with Gasteiger partial charge in [0, 0.05) is 0 Å². The normalized spacial score (nSPS) is 12.7. The Morgan fingerprint density at radius 1 is 0.596 bits per heavy atom. The van der Waals surface area contributed by atoms with Crippen LogP contribution in [0.2, 0.25) is 0 Å². The zero-order chi connectivity index (χ0) is 33.9. The van der Waals surface area contributed by atoms with Crippen LogP contribution in [-0.2, 0) is 24.2 Å². The van der Waals surface area contributed by atoms with Crippen LogP contribution in [0.15, 0.2) is 109 Å². The summed E-state index contributed by atoms with van der Waals surface area (Å²) in [5, 5.41) is 27.8. The van der Waals surface area contributed by atoms with Crippen LogP contribution >= 0.6 is 0 Å². The molecule has 0 aliphatic heterocycles. The first-order valence-electron chi connectivity index (χ1n) is 15.5. The monoisotopic (exact) mass is 708 g/mol. The van der Waals surface area contributed by atoms with E-state index in [1.54, 1.807) is 63.8 Å². The van der Waals surface area contributed by atoms with Gasteiger partial charge in [0.15, 0.2) is 0 Å². The number of fused-ring (bicyclic) bond motifs is 3. The smallest absolute Gasteiger partial charge is 0.0771 e. The van der Waals surface area contributed by atoms with Gasteiger partial charge >= 0.3 is 59.5 Å². The van der Waals surface area contributed by atoms with Crippen molar-refractivity contribution in [1.82, 2.24) is 0 Å². The second-order valence-corrected chi connectivity index (χ2v) is 12.2. The molecule has 0 unspecified atom stereocenters. The van der Waals surface area contributed by atoms with Crippen molar-refractivity contribution in [2.45, 2.75) is 38.5 Å². The molecule has 1 saturated carbocycles. The first-order chi connectivity index (χ1) is 22.9. The fourth-order valence-electron chi connectivity index (χ4n) is 4.86. The maximum atomic E-state index is 11.2. The van der Waals surface area contributed by atoms with Crippen LogP contribution in [0, 0.1) is 6.08 Å². The zero-order valence-corrected chi connectivity index (χ0v) is 30.0.